The van der Waals surface area contributed by atoms with E-state index in [4.69, 9.17) is 0 Å². The van der Waals surface area contributed by atoms with E-state index in [1.54, 1.807) is 0 Å². The molecule has 0 heterocycles. The molecule has 0 saturated heterocycles. The molecule has 0 rings (SSSR count). The highest BCUT2D eigenvalue weighted by Gasteiger charge is 2.20. The largest absolute Gasteiger partial charge is 0.127 e. The maximum absolute atomic E-state index is 2.36. The van der Waals surface area contributed by atoms with Crippen molar-refractivity contribution in [1.82, 2.24) is 0 Å². The second-order valence-electron chi connectivity index (χ2n) is 5.58. The summed E-state index contributed by atoms with van der Waals surface area (Å²) in [6.07, 6.45) is 2.65. The first-order valence-electron chi connectivity index (χ1n) is 4.77. The highest BCUT2D eigenvalue weighted by molar-refractivity contribution is 6.39. The van der Waals surface area contributed by atoms with Gasteiger partial charge in [0.25, 0.3) is 0 Å². The third-order valence-electron chi connectivity index (χ3n) is 2.51. The molecule has 0 nitrogen and oxygen atoms in total. The minimum atomic E-state index is 0.506. The van der Waals surface area contributed by atoms with Crippen LogP contribution in [-0.2, 0) is 0 Å². The summed E-state index contributed by atoms with van der Waals surface area (Å²) in [4.78, 5) is 0. The van der Waals surface area contributed by atoms with Gasteiger partial charge >= 0.3 is 0 Å². The van der Waals surface area contributed by atoms with Crippen LogP contribution < -0.4 is 0 Å². The predicted octanol–water partition coefficient (Wildman–Crippen LogP) is 3.50. The fourth-order valence-corrected chi connectivity index (χ4v) is 0.890. The highest BCUT2D eigenvalue weighted by atomic mass is 14.2. The molecular formula is C10H23B. The summed E-state index contributed by atoms with van der Waals surface area (Å²) in [5.74, 6) is 0. The molecule has 0 aromatic carbocycles. The van der Waals surface area contributed by atoms with Crippen LogP contribution in [0.3, 0.4) is 0 Å². The molecular weight excluding hydrogens is 131 g/mol. The lowest BCUT2D eigenvalue weighted by molar-refractivity contribution is 0.393. The molecule has 0 atom stereocenters. The van der Waals surface area contributed by atoms with Crippen LogP contribution in [0.4, 0.5) is 0 Å². The molecule has 0 N–H and O–H groups in total. The minimum Gasteiger partial charge on any atom is -0.0718 e. The van der Waals surface area contributed by atoms with E-state index < -0.39 is 0 Å². The Bertz CT molecular complexity index is 109. The first kappa shape index (κ1) is 11.1. The van der Waals surface area contributed by atoms with Gasteiger partial charge in [0.2, 0.25) is 0 Å². The van der Waals surface area contributed by atoms with Crippen molar-refractivity contribution in [2.45, 2.75) is 59.6 Å². The fraction of sp³-hybridized carbons (Fsp3) is 1.00. The third kappa shape index (κ3) is 6.46. The Morgan fingerprint density at radius 3 is 1.73 bits per heavy atom. The summed E-state index contributed by atoms with van der Waals surface area (Å²) >= 11 is 0. The van der Waals surface area contributed by atoms with E-state index in [1.165, 1.54) is 20.0 Å². The summed E-state index contributed by atoms with van der Waals surface area (Å²) < 4.78 is 0. The molecule has 0 bridgehead atoms. The molecule has 0 aliphatic carbocycles. The number of hydrogen-bond acceptors (Lipinski definition) is 0. The monoisotopic (exact) mass is 154 g/mol. The molecule has 1 heteroatoms. The van der Waals surface area contributed by atoms with E-state index in [2.05, 4.69) is 41.5 Å². The lowest BCUT2D eigenvalue weighted by Crippen LogP contribution is -2.18. The van der Waals surface area contributed by atoms with Crippen molar-refractivity contribution in [3.05, 3.63) is 0 Å². The van der Waals surface area contributed by atoms with Gasteiger partial charge in [-0.15, -0.1) is 0 Å². The van der Waals surface area contributed by atoms with E-state index in [9.17, 15) is 0 Å². The molecule has 0 aromatic rings. The van der Waals surface area contributed by atoms with Crippen LogP contribution in [0.2, 0.25) is 11.6 Å². The average molecular weight is 154 g/mol. The Morgan fingerprint density at radius 2 is 1.45 bits per heavy atom. The van der Waals surface area contributed by atoms with E-state index in [0.29, 0.717) is 10.7 Å². The molecule has 0 aliphatic heterocycles. The quantitative estimate of drug-likeness (QED) is 0.545. The lowest BCUT2D eigenvalue weighted by Gasteiger charge is -2.26. The van der Waals surface area contributed by atoms with Gasteiger partial charge in [-0.1, -0.05) is 59.6 Å². The summed E-state index contributed by atoms with van der Waals surface area (Å²) in [6.45, 7) is 14.0. The second kappa shape index (κ2) is 3.64. The van der Waals surface area contributed by atoms with E-state index in [-0.39, 0.29) is 0 Å². The molecule has 0 spiro atoms. The summed E-state index contributed by atoms with van der Waals surface area (Å²) in [5, 5.41) is 0.506. The third-order valence-corrected chi connectivity index (χ3v) is 2.51. The predicted molar refractivity (Wildman–Crippen MR) is 55.7 cm³/mol. The van der Waals surface area contributed by atoms with Crippen molar-refractivity contribution in [2.24, 2.45) is 5.41 Å². The maximum Gasteiger partial charge on any atom is 0.127 e. The van der Waals surface area contributed by atoms with Crippen LogP contribution in [0.15, 0.2) is 0 Å². The van der Waals surface area contributed by atoms with Gasteiger partial charge in [0, 0.05) is 0 Å². The number of rotatable bonds is 3. The van der Waals surface area contributed by atoms with Crippen LogP contribution in [0.5, 0.6) is 0 Å². The SMILES string of the molecule is CCC(C)(C)CBC(C)(C)C. The normalized spacial score (nSPS) is 13.3. The molecule has 0 radical (unpaired) electrons. The van der Waals surface area contributed by atoms with Crippen LogP contribution in [0.1, 0.15) is 48.0 Å². The van der Waals surface area contributed by atoms with Crippen molar-refractivity contribution in [3.8, 4) is 0 Å². The first-order valence-corrected chi connectivity index (χ1v) is 4.77. The zero-order valence-corrected chi connectivity index (χ0v) is 9.12. The molecule has 0 saturated carbocycles. The van der Waals surface area contributed by atoms with Crippen molar-refractivity contribution in [1.29, 1.82) is 0 Å². The summed E-state index contributed by atoms with van der Waals surface area (Å²) in [6, 6.07) is 0. The van der Waals surface area contributed by atoms with Crippen LogP contribution >= 0.6 is 0 Å². The van der Waals surface area contributed by atoms with Crippen LogP contribution in [0, 0.1) is 5.41 Å². The van der Waals surface area contributed by atoms with E-state index >= 15 is 0 Å². The van der Waals surface area contributed by atoms with Crippen molar-refractivity contribution >= 4 is 7.28 Å². The molecule has 11 heavy (non-hydrogen) atoms. The van der Waals surface area contributed by atoms with Crippen molar-refractivity contribution in [2.75, 3.05) is 0 Å². The van der Waals surface area contributed by atoms with Gasteiger partial charge in [-0.25, -0.2) is 0 Å². The number of hydrogen-bond donors (Lipinski definition) is 0. The van der Waals surface area contributed by atoms with Crippen LogP contribution in [0.25, 0.3) is 0 Å². The maximum atomic E-state index is 2.36. The zero-order chi connectivity index (χ0) is 9.12. The van der Waals surface area contributed by atoms with E-state index in [0.717, 1.165) is 0 Å². The smallest absolute Gasteiger partial charge is 0.0718 e. The molecule has 0 fully saturated rings. The summed E-state index contributed by atoms with van der Waals surface area (Å²) in [5.41, 5.74) is 0.549. The lowest BCUT2D eigenvalue weighted by atomic mass is 9.49. The van der Waals surface area contributed by atoms with Gasteiger partial charge in [-0.3, -0.25) is 0 Å². The topological polar surface area (TPSA) is 0 Å². The average Bonchev–Trinajstić information content (AvgIpc) is 1.83. The first-order chi connectivity index (χ1) is 4.77. The molecule has 66 valence electrons. The molecule has 0 aliphatic rings. The van der Waals surface area contributed by atoms with Gasteiger partial charge in [-0.05, 0) is 5.41 Å². The zero-order valence-electron chi connectivity index (χ0n) is 9.12. The highest BCUT2D eigenvalue weighted by Crippen LogP contribution is 2.31. The fourth-order valence-electron chi connectivity index (χ4n) is 0.890. The van der Waals surface area contributed by atoms with E-state index in [1.807, 2.05) is 0 Å². The molecule has 0 amide bonds. The van der Waals surface area contributed by atoms with Gasteiger partial charge in [-0.2, -0.15) is 0 Å². The van der Waals surface area contributed by atoms with Gasteiger partial charge in [0.15, 0.2) is 0 Å². The Balaban J connectivity index is 3.70. The Kier molecular flexibility index (Phi) is 3.67. The minimum absolute atomic E-state index is 0.506. The van der Waals surface area contributed by atoms with Gasteiger partial charge < -0.3 is 0 Å². The molecule has 0 unspecified atom stereocenters. The summed E-state index contributed by atoms with van der Waals surface area (Å²) in [7, 11) is 1.34. The molecule has 0 aromatic heterocycles. The van der Waals surface area contributed by atoms with Crippen molar-refractivity contribution < 1.29 is 0 Å². The van der Waals surface area contributed by atoms with Gasteiger partial charge in [0.05, 0.1) is 0 Å². The van der Waals surface area contributed by atoms with Crippen molar-refractivity contribution in [3.63, 3.8) is 0 Å². The van der Waals surface area contributed by atoms with Gasteiger partial charge in [0.1, 0.15) is 7.28 Å². The standard InChI is InChI=1S/C10H23B/c1-7-10(5,6)8-11-9(2,3)4/h11H,7-8H2,1-6H3. The Morgan fingerprint density at radius 1 is 1.00 bits per heavy atom. The Hall–Kier alpha value is 0.0649. The second-order valence-corrected chi connectivity index (χ2v) is 5.58. The Labute approximate surface area is 73.0 Å². The van der Waals surface area contributed by atoms with Crippen LogP contribution in [-0.4, -0.2) is 7.28 Å².